The van der Waals surface area contributed by atoms with Gasteiger partial charge in [0.1, 0.15) is 17.8 Å². The van der Waals surface area contributed by atoms with Crippen LogP contribution in [0.1, 0.15) is 10.4 Å². The minimum atomic E-state index is 0.442. The molecule has 0 fully saturated rings. The van der Waals surface area contributed by atoms with Gasteiger partial charge in [-0.2, -0.15) is 0 Å². The first-order chi connectivity index (χ1) is 11.3. The molecule has 0 N–H and O–H groups in total. The number of aldehydes is 1. The van der Waals surface area contributed by atoms with Crippen molar-refractivity contribution in [3.8, 4) is 28.5 Å². The van der Waals surface area contributed by atoms with Crippen molar-refractivity contribution in [1.29, 1.82) is 0 Å². The maximum atomic E-state index is 10.7. The van der Waals surface area contributed by atoms with Gasteiger partial charge in [-0.3, -0.25) is 9.78 Å². The number of benzene rings is 1. The van der Waals surface area contributed by atoms with Crippen LogP contribution < -0.4 is 9.47 Å². The van der Waals surface area contributed by atoms with Gasteiger partial charge in [-0.25, -0.2) is 4.98 Å². The highest BCUT2D eigenvalue weighted by atomic mass is 16.5. The molecule has 0 aliphatic rings. The van der Waals surface area contributed by atoms with Gasteiger partial charge in [-0.15, -0.1) is 0 Å². The second kappa shape index (κ2) is 6.70. The van der Waals surface area contributed by atoms with Crippen molar-refractivity contribution >= 4 is 6.29 Å². The molecule has 0 unspecified atom stereocenters. The molecular weight excluding hydrogens is 292 g/mol. The molecule has 1 aromatic carbocycles. The molecule has 5 nitrogen and oxygen atoms in total. The molecule has 0 saturated heterocycles. The van der Waals surface area contributed by atoms with E-state index in [1.54, 1.807) is 56.0 Å². The summed E-state index contributed by atoms with van der Waals surface area (Å²) in [4.78, 5) is 19.1. The second-order valence-corrected chi connectivity index (χ2v) is 4.72. The summed E-state index contributed by atoms with van der Waals surface area (Å²) in [5.74, 6) is 1.73. The smallest absolute Gasteiger partial charge is 0.227 e. The van der Waals surface area contributed by atoms with Crippen molar-refractivity contribution < 1.29 is 14.3 Å². The van der Waals surface area contributed by atoms with Crippen LogP contribution in [0.3, 0.4) is 0 Å². The Bertz CT molecular complexity index is 817. The molecule has 2 aromatic heterocycles. The number of nitrogens with zero attached hydrogens (tertiary/aromatic N) is 2. The fourth-order valence-electron chi connectivity index (χ4n) is 2.17. The average molecular weight is 306 g/mol. The van der Waals surface area contributed by atoms with Gasteiger partial charge in [0.25, 0.3) is 0 Å². The van der Waals surface area contributed by atoms with Crippen molar-refractivity contribution in [3.63, 3.8) is 0 Å². The quantitative estimate of drug-likeness (QED) is 0.672. The molecule has 0 saturated carbocycles. The van der Waals surface area contributed by atoms with Crippen molar-refractivity contribution in [2.75, 3.05) is 7.11 Å². The van der Waals surface area contributed by atoms with E-state index in [0.29, 0.717) is 22.9 Å². The summed E-state index contributed by atoms with van der Waals surface area (Å²) in [6.07, 6.45) is 5.81. The van der Waals surface area contributed by atoms with Crippen LogP contribution in [0.4, 0.5) is 0 Å². The summed E-state index contributed by atoms with van der Waals surface area (Å²) in [6, 6.07) is 12.3. The van der Waals surface area contributed by atoms with Crippen LogP contribution in [0.2, 0.25) is 0 Å². The first-order valence-electron chi connectivity index (χ1n) is 6.98. The third-order valence-electron chi connectivity index (χ3n) is 3.29. The lowest BCUT2D eigenvalue weighted by Crippen LogP contribution is -1.94. The van der Waals surface area contributed by atoms with Crippen LogP contribution in [0.15, 0.2) is 61.1 Å². The van der Waals surface area contributed by atoms with E-state index in [9.17, 15) is 4.79 Å². The Labute approximate surface area is 133 Å². The standard InChI is InChI=1S/C18H14N2O3/c1-22-17-8-10-19-11-16(17)15-3-2-9-20-18(15)23-14-6-4-13(12-21)5-7-14/h2-12H,1H3. The Balaban J connectivity index is 1.98. The Morgan fingerprint density at radius 2 is 1.83 bits per heavy atom. The van der Waals surface area contributed by atoms with Gasteiger partial charge in [0.15, 0.2) is 0 Å². The monoisotopic (exact) mass is 306 g/mol. The SMILES string of the molecule is COc1ccncc1-c1cccnc1Oc1ccc(C=O)cc1. The molecule has 114 valence electrons. The van der Waals surface area contributed by atoms with E-state index < -0.39 is 0 Å². The highest BCUT2D eigenvalue weighted by Crippen LogP contribution is 2.36. The third kappa shape index (κ3) is 3.18. The van der Waals surface area contributed by atoms with E-state index in [1.165, 1.54) is 0 Å². The number of methoxy groups -OCH3 is 1. The zero-order chi connectivity index (χ0) is 16.1. The molecule has 3 rings (SSSR count). The number of carbonyl (C=O) groups is 1. The number of aromatic nitrogens is 2. The molecule has 0 amide bonds. The van der Waals surface area contributed by atoms with Gasteiger partial charge in [-0.05, 0) is 42.5 Å². The number of ether oxygens (including phenoxy) is 2. The van der Waals surface area contributed by atoms with Crippen LogP contribution in [0.5, 0.6) is 17.4 Å². The molecule has 0 radical (unpaired) electrons. The Morgan fingerprint density at radius 1 is 1.00 bits per heavy atom. The lowest BCUT2D eigenvalue weighted by Gasteiger charge is -2.12. The van der Waals surface area contributed by atoms with Crippen LogP contribution in [0, 0.1) is 0 Å². The fraction of sp³-hybridized carbons (Fsp3) is 0.0556. The molecule has 0 spiro atoms. The van der Waals surface area contributed by atoms with Gasteiger partial charge in [0.2, 0.25) is 5.88 Å². The first kappa shape index (κ1) is 14.7. The van der Waals surface area contributed by atoms with E-state index in [0.717, 1.165) is 17.4 Å². The molecular formula is C18H14N2O3. The molecule has 23 heavy (non-hydrogen) atoms. The highest BCUT2D eigenvalue weighted by Gasteiger charge is 2.13. The van der Waals surface area contributed by atoms with Crippen LogP contribution >= 0.6 is 0 Å². The number of rotatable bonds is 5. The van der Waals surface area contributed by atoms with Gasteiger partial charge >= 0.3 is 0 Å². The van der Waals surface area contributed by atoms with Crippen LogP contribution in [0.25, 0.3) is 11.1 Å². The predicted molar refractivity (Wildman–Crippen MR) is 85.9 cm³/mol. The minimum absolute atomic E-state index is 0.442. The first-order valence-corrected chi connectivity index (χ1v) is 6.98. The molecule has 0 aliphatic carbocycles. The summed E-state index contributed by atoms with van der Waals surface area (Å²) in [7, 11) is 1.61. The fourth-order valence-corrected chi connectivity index (χ4v) is 2.17. The molecule has 0 atom stereocenters. The summed E-state index contributed by atoms with van der Waals surface area (Å²) in [5.41, 5.74) is 2.16. The Hall–Kier alpha value is -3.21. The number of carbonyl (C=O) groups excluding carboxylic acids is 1. The maximum Gasteiger partial charge on any atom is 0.227 e. The van der Waals surface area contributed by atoms with E-state index in [1.807, 2.05) is 12.1 Å². The number of hydrogen-bond acceptors (Lipinski definition) is 5. The summed E-state index contributed by atoms with van der Waals surface area (Å²) in [6.45, 7) is 0. The molecule has 0 aliphatic heterocycles. The maximum absolute atomic E-state index is 10.7. The lowest BCUT2D eigenvalue weighted by atomic mass is 10.1. The largest absolute Gasteiger partial charge is 0.496 e. The van der Waals surface area contributed by atoms with Gasteiger partial charge in [0.05, 0.1) is 7.11 Å². The van der Waals surface area contributed by atoms with Crippen molar-refractivity contribution in [3.05, 3.63) is 66.6 Å². The topological polar surface area (TPSA) is 61.3 Å². The highest BCUT2D eigenvalue weighted by molar-refractivity contribution is 5.75. The summed E-state index contributed by atoms with van der Waals surface area (Å²) < 4.78 is 11.2. The van der Waals surface area contributed by atoms with Crippen LogP contribution in [-0.2, 0) is 0 Å². The van der Waals surface area contributed by atoms with Crippen LogP contribution in [-0.4, -0.2) is 23.4 Å². The van der Waals surface area contributed by atoms with Gasteiger partial charge < -0.3 is 9.47 Å². The zero-order valence-electron chi connectivity index (χ0n) is 12.5. The van der Waals surface area contributed by atoms with E-state index in [2.05, 4.69) is 9.97 Å². The number of pyridine rings is 2. The molecule has 5 heteroatoms. The normalized spacial score (nSPS) is 10.1. The van der Waals surface area contributed by atoms with E-state index in [-0.39, 0.29) is 0 Å². The third-order valence-corrected chi connectivity index (χ3v) is 3.29. The van der Waals surface area contributed by atoms with Crippen molar-refractivity contribution in [2.24, 2.45) is 0 Å². The second-order valence-electron chi connectivity index (χ2n) is 4.72. The van der Waals surface area contributed by atoms with Crippen molar-refractivity contribution in [2.45, 2.75) is 0 Å². The number of hydrogen-bond donors (Lipinski definition) is 0. The Kier molecular flexibility index (Phi) is 4.29. The molecule has 3 aromatic rings. The zero-order valence-corrected chi connectivity index (χ0v) is 12.5. The van der Waals surface area contributed by atoms with Crippen molar-refractivity contribution in [1.82, 2.24) is 9.97 Å². The predicted octanol–water partition coefficient (Wildman–Crippen LogP) is 3.76. The van der Waals surface area contributed by atoms with E-state index >= 15 is 0 Å². The van der Waals surface area contributed by atoms with Gasteiger partial charge in [0, 0.05) is 35.3 Å². The summed E-state index contributed by atoms with van der Waals surface area (Å²) >= 11 is 0. The van der Waals surface area contributed by atoms with Gasteiger partial charge in [-0.1, -0.05) is 0 Å². The van der Waals surface area contributed by atoms with E-state index in [4.69, 9.17) is 9.47 Å². The Morgan fingerprint density at radius 3 is 2.57 bits per heavy atom. The lowest BCUT2D eigenvalue weighted by molar-refractivity contribution is 0.112. The minimum Gasteiger partial charge on any atom is -0.496 e. The molecule has 2 heterocycles. The molecule has 0 bridgehead atoms. The summed E-state index contributed by atoms with van der Waals surface area (Å²) in [5, 5.41) is 0. The average Bonchev–Trinajstić information content (AvgIpc) is 2.63.